The third-order valence-corrected chi connectivity index (χ3v) is 5.13. The van der Waals surface area contributed by atoms with Gasteiger partial charge in [-0.05, 0) is 33.5 Å². The molecule has 1 N–H and O–H groups in total. The minimum absolute atomic E-state index is 0.131. The Hall–Kier alpha value is -3.80. The largest absolute Gasteiger partial charge is 0.354 e. The van der Waals surface area contributed by atoms with Crippen LogP contribution in [0.2, 0.25) is 0 Å². The highest BCUT2D eigenvalue weighted by molar-refractivity contribution is 5.83. The lowest BCUT2D eigenvalue weighted by molar-refractivity contribution is -0.123. The highest BCUT2D eigenvalue weighted by atomic mass is 16.2. The lowest BCUT2D eigenvalue weighted by Crippen LogP contribution is -2.34. The molecule has 0 aliphatic heterocycles. The van der Waals surface area contributed by atoms with E-state index in [-0.39, 0.29) is 11.8 Å². The van der Waals surface area contributed by atoms with Crippen LogP contribution in [0.15, 0.2) is 97.3 Å². The second-order valence-electron chi connectivity index (χ2n) is 7.06. The molecule has 0 spiro atoms. The first-order valence-electron chi connectivity index (χ1n) is 9.98. The van der Waals surface area contributed by atoms with Gasteiger partial charge in [-0.3, -0.25) is 4.79 Å². The number of nitrogens with zero attached hydrogens (tertiary/aromatic N) is 4. The van der Waals surface area contributed by atoms with Gasteiger partial charge in [-0.2, -0.15) is 0 Å². The predicted octanol–water partition coefficient (Wildman–Crippen LogP) is 3.60. The molecular formula is C24H23N5O. The van der Waals surface area contributed by atoms with Crippen molar-refractivity contribution in [2.24, 2.45) is 0 Å². The molecule has 0 fully saturated rings. The Morgan fingerprint density at radius 2 is 1.33 bits per heavy atom. The number of rotatable bonds is 8. The molecule has 0 aliphatic carbocycles. The first kappa shape index (κ1) is 19.5. The Balaban J connectivity index is 1.49. The quantitative estimate of drug-likeness (QED) is 0.493. The first-order chi connectivity index (χ1) is 14.8. The predicted molar refractivity (Wildman–Crippen MR) is 115 cm³/mol. The molecule has 0 aliphatic rings. The normalized spacial score (nSPS) is 11.9. The maximum Gasteiger partial charge on any atom is 0.249 e. The molecule has 1 unspecified atom stereocenters. The van der Waals surface area contributed by atoms with Crippen molar-refractivity contribution in [2.75, 3.05) is 6.54 Å². The molecular weight excluding hydrogens is 374 g/mol. The second-order valence-corrected chi connectivity index (χ2v) is 7.06. The molecule has 4 rings (SSSR count). The van der Waals surface area contributed by atoms with Crippen LogP contribution in [0, 0.1) is 0 Å². The summed E-state index contributed by atoms with van der Waals surface area (Å²) in [6.45, 7) is 0.540. The average molecular weight is 397 g/mol. The monoisotopic (exact) mass is 397 g/mol. The van der Waals surface area contributed by atoms with E-state index in [0.717, 1.165) is 12.0 Å². The summed E-state index contributed by atoms with van der Waals surface area (Å²) >= 11 is 0. The number of hydrogen-bond acceptors (Lipinski definition) is 4. The zero-order chi connectivity index (χ0) is 20.6. The summed E-state index contributed by atoms with van der Waals surface area (Å²) in [7, 11) is 0. The van der Waals surface area contributed by atoms with E-state index < -0.39 is 6.04 Å². The summed E-state index contributed by atoms with van der Waals surface area (Å²) in [5.41, 5.74) is 3.31. The third kappa shape index (κ3) is 4.60. The van der Waals surface area contributed by atoms with Gasteiger partial charge in [0.05, 0.1) is 0 Å². The fraction of sp³-hybridized carbons (Fsp3) is 0.167. The standard InChI is InChI=1S/C24H23N5O/c30-24(23(29-18-26-27-28-29)21-14-8-3-9-15-21)25-17-16-22(19-10-4-1-5-11-19)20-12-6-2-7-13-20/h1-15,18,22-23H,16-17H2,(H,25,30). The number of aromatic nitrogens is 4. The van der Waals surface area contributed by atoms with Gasteiger partial charge in [0.2, 0.25) is 5.91 Å². The molecule has 1 atom stereocenters. The van der Waals surface area contributed by atoms with E-state index in [9.17, 15) is 4.79 Å². The van der Waals surface area contributed by atoms with Gasteiger partial charge in [0, 0.05) is 12.5 Å². The molecule has 0 bridgehead atoms. The van der Waals surface area contributed by atoms with Gasteiger partial charge in [0.15, 0.2) is 6.04 Å². The molecule has 4 aromatic rings. The van der Waals surface area contributed by atoms with E-state index in [1.165, 1.54) is 22.1 Å². The molecule has 0 saturated heterocycles. The molecule has 0 radical (unpaired) electrons. The maximum absolute atomic E-state index is 13.1. The molecule has 6 heteroatoms. The zero-order valence-electron chi connectivity index (χ0n) is 16.5. The van der Waals surface area contributed by atoms with Crippen LogP contribution in [0.4, 0.5) is 0 Å². The van der Waals surface area contributed by atoms with Crippen LogP contribution in [0.1, 0.15) is 35.1 Å². The van der Waals surface area contributed by atoms with Crippen LogP contribution in [0.3, 0.4) is 0 Å². The molecule has 3 aromatic carbocycles. The topological polar surface area (TPSA) is 72.7 Å². The second kappa shape index (κ2) is 9.60. The Kier molecular flexibility index (Phi) is 6.25. The fourth-order valence-electron chi connectivity index (χ4n) is 3.68. The number of carbonyl (C=O) groups is 1. The molecule has 6 nitrogen and oxygen atoms in total. The number of nitrogens with one attached hydrogen (secondary N) is 1. The van der Waals surface area contributed by atoms with Crippen molar-refractivity contribution in [3.8, 4) is 0 Å². The van der Waals surface area contributed by atoms with E-state index in [1.807, 2.05) is 66.7 Å². The van der Waals surface area contributed by atoms with E-state index >= 15 is 0 Å². The summed E-state index contributed by atoms with van der Waals surface area (Å²) in [4.78, 5) is 13.1. The van der Waals surface area contributed by atoms with Crippen LogP contribution in [-0.2, 0) is 4.79 Å². The average Bonchev–Trinajstić information content (AvgIpc) is 3.33. The summed E-state index contributed by atoms with van der Waals surface area (Å²) in [5, 5.41) is 14.4. The Morgan fingerprint density at radius 3 is 1.83 bits per heavy atom. The number of hydrogen-bond donors (Lipinski definition) is 1. The molecule has 30 heavy (non-hydrogen) atoms. The highest BCUT2D eigenvalue weighted by Gasteiger charge is 2.24. The highest BCUT2D eigenvalue weighted by Crippen LogP contribution is 2.27. The lowest BCUT2D eigenvalue weighted by atomic mass is 9.88. The molecule has 1 heterocycles. The van der Waals surface area contributed by atoms with Gasteiger partial charge in [-0.1, -0.05) is 91.0 Å². The molecule has 1 amide bonds. The smallest absolute Gasteiger partial charge is 0.249 e. The number of tetrazole rings is 1. The van der Waals surface area contributed by atoms with Crippen LogP contribution in [0.5, 0.6) is 0 Å². The van der Waals surface area contributed by atoms with E-state index in [1.54, 1.807) is 0 Å². The van der Waals surface area contributed by atoms with Gasteiger partial charge >= 0.3 is 0 Å². The molecule has 1 aromatic heterocycles. The van der Waals surface area contributed by atoms with Gasteiger partial charge in [-0.25, -0.2) is 4.68 Å². The number of carbonyl (C=O) groups excluding carboxylic acids is 1. The van der Waals surface area contributed by atoms with Crippen LogP contribution < -0.4 is 5.32 Å². The van der Waals surface area contributed by atoms with Crippen LogP contribution >= 0.6 is 0 Å². The van der Waals surface area contributed by atoms with Crippen molar-refractivity contribution >= 4 is 5.91 Å². The van der Waals surface area contributed by atoms with Gasteiger partial charge in [0.25, 0.3) is 0 Å². The first-order valence-corrected chi connectivity index (χ1v) is 9.98. The Bertz CT molecular complexity index is 997. The van der Waals surface area contributed by atoms with Crippen molar-refractivity contribution in [2.45, 2.75) is 18.4 Å². The van der Waals surface area contributed by atoms with Crippen molar-refractivity contribution < 1.29 is 4.79 Å². The summed E-state index contributed by atoms with van der Waals surface area (Å²) in [6.07, 6.45) is 2.25. The van der Waals surface area contributed by atoms with Crippen molar-refractivity contribution in [1.29, 1.82) is 0 Å². The van der Waals surface area contributed by atoms with Crippen molar-refractivity contribution in [3.63, 3.8) is 0 Å². The summed E-state index contributed by atoms with van der Waals surface area (Å²) < 4.78 is 1.48. The lowest BCUT2D eigenvalue weighted by Gasteiger charge is -2.20. The third-order valence-electron chi connectivity index (χ3n) is 5.13. The fourth-order valence-corrected chi connectivity index (χ4v) is 3.68. The zero-order valence-corrected chi connectivity index (χ0v) is 16.5. The SMILES string of the molecule is O=C(NCCC(c1ccccc1)c1ccccc1)C(c1ccccc1)n1cnnn1. The summed E-state index contributed by atoms with van der Waals surface area (Å²) in [5.74, 6) is 0.0734. The van der Waals surface area contributed by atoms with Crippen molar-refractivity contribution in [3.05, 3.63) is 114 Å². The Labute approximate surface area is 175 Å². The van der Waals surface area contributed by atoms with Crippen molar-refractivity contribution in [1.82, 2.24) is 25.5 Å². The number of amides is 1. The minimum atomic E-state index is -0.604. The Morgan fingerprint density at radius 1 is 0.800 bits per heavy atom. The van der Waals surface area contributed by atoms with E-state index in [4.69, 9.17) is 0 Å². The molecule has 150 valence electrons. The minimum Gasteiger partial charge on any atom is -0.354 e. The van der Waals surface area contributed by atoms with Gasteiger partial charge in [0.1, 0.15) is 6.33 Å². The van der Waals surface area contributed by atoms with Crippen LogP contribution in [-0.4, -0.2) is 32.7 Å². The van der Waals surface area contributed by atoms with E-state index in [0.29, 0.717) is 6.54 Å². The van der Waals surface area contributed by atoms with Gasteiger partial charge < -0.3 is 5.32 Å². The van der Waals surface area contributed by atoms with Crippen LogP contribution in [0.25, 0.3) is 0 Å². The van der Waals surface area contributed by atoms with Gasteiger partial charge in [-0.15, -0.1) is 5.10 Å². The maximum atomic E-state index is 13.1. The van der Waals surface area contributed by atoms with E-state index in [2.05, 4.69) is 45.1 Å². The summed E-state index contributed by atoms with van der Waals surface area (Å²) in [6, 6.07) is 29.7. The molecule has 0 saturated carbocycles. The number of benzene rings is 3.